The van der Waals surface area contributed by atoms with Gasteiger partial charge in [-0.3, -0.25) is 4.90 Å². The molecule has 0 radical (unpaired) electrons. The van der Waals surface area contributed by atoms with E-state index in [1.165, 1.54) is 22.5 Å². The van der Waals surface area contributed by atoms with Gasteiger partial charge in [0, 0.05) is 25.7 Å². The van der Waals surface area contributed by atoms with E-state index in [1.54, 1.807) is 0 Å². The second kappa shape index (κ2) is 9.16. The number of hydrogen-bond donors (Lipinski definition) is 0. The van der Waals surface area contributed by atoms with Gasteiger partial charge in [-0.05, 0) is 37.6 Å². The molecule has 0 N–H and O–H groups in total. The first-order valence-corrected chi connectivity index (χ1v) is 13.2. The van der Waals surface area contributed by atoms with Crippen LogP contribution in [0.4, 0.5) is 0 Å². The standard InChI is InChI=1S/C17H24Cl2N2O5S2/c18-16-3-2-15(12-17(16)19)28(24,25)21(14-4-11-27(22,23)13-14)6-1-5-20-7-9-26-10-8-20/h2-3,12,14H,1,4-11,13H2/t14-/m1/s1. The zero-order chi connectivity index (χ0) is 20.4. The van der Waals surface area contributed by atoms with Crippen molar-refractivity contribution in [1.82, 2.24) is 9.21 Å². The van der Waals surface area contributed by atoms with Crippen LogP contribution in [0.15, 0.2) is 23.1 Å². The zero-order valence-corrected chi connectivity index (χ0v) is 18.5. The molecule has 2 aliphatic rings. The van der Waals surface area contributed by atoms with Crippen LogP contribution in [0.25, 0.3) is 0 Å². The van der Waals surface area contributed by atoms with Gasteiger partial charge in [-0.15, -0.1) is 0 Å². The van der Waals surface area contributed by atoms with E-state index in [0.717, 1.165) is 19.6 Å². The van der Waals surface area contributed by atoms with Crippen molar-refractivity contribution in [2.24, 2.45) is 0 Å². The second-order valence-electron chi connectivity index (χ2n) is 7.06. The average molecular weight is 471 g/mol. The Labute approximate surface area is 176 Å². The van der Waals surface area contributed by atoms with Crippen molar-refractivity contribution in [1.29, 1.82) is 0 Å². The fourth-order valence-corrected chi connectivity index (χ4v) is 7.46. The van der Waals surface area contributed by atoms with E-state index in [4.69, 9.17) is 27.9 Å². The number of benzene rings is 1. The first-order valence-electron chi connectivity index (χ1n) is 9.16. The molecule has 0 aliphatic carbocycles. The van der Waals surface area contributed by atoms with Crippen LogP contribution in [0.1, 0.15) is 12.8 Å². The molecule has 1 aromatic rings. The Morgan fingerprint density at radius 1 is 1.18 bits per heavy atom. The summed E-state index contributed by atoms with van der Waals surface area (Å²) in [6.45, 7) is 3.96. The van der Waals surface area contributed by atoms with Crippen LogP contribution in [0, 0.1) is 0 Å². The van der Waals surface area contributed by atoms with Crippen molar-refractivity contribution in [3.05, 3.63) is 28.2 Å². The Morgan fingerprint density at radius 2 is 1.89 bits per heavy atom. The maximum Gasteiger partial charge on any atom is 0.243 e. The highest BCUT2D eigenvalue weighted by molar-refractivity contribution is 7.92. The molecule has 2 fully saturated rings. The molecule has 0 bridgehead atoms. The van der Waals surface area contributed by atoms with Crippen molar-refractivity contribution >= 4 is 43.1 Å². The third-order valence-corrected chi connectivity index (χ3v) is 9.51. The summed E-state index contributed by atoms with van der Waals surface area (Å²) in [7, 11) is -7.12. The maximum atomic E-state index is 13.3. The minimum atomic E-state index is -3.89. The number of ether oxygens (including phenoxy) is 1. The van der Waals surface area contributed by atoms with Gasteiger partial charge in [-0.1, -0.05) is 23.2 Å². The molecule has 2 saturated heterocycles. The van der Waals surface area contributed by atoms with Crippen molar-refractivity contribution < 1.29 is 21.6 Å². The lowest BCUT2D eigenvalue weighted by atomic mass is 10.2. The quantitative estimate of drug-likeness (QED) is 0.604. The van der Waals surface area contributed by atoms with Crippen LogP contribution in [0.5, 0.6) is 0 Å². The van der Waals surface area contributed by atoms with E-state index < -0.39 is 25.9 Å². The highest BCUT2D eigenvalue weighted by Crippen LogP contribution is 2.29. The van der Waals surface area contributed by atoms with Crippen LogP contribution in [-0.2, 0) is 24.6 Å². The lowest BCUT2D eigenvalue weighted by Gasteiger charge is -2.30. The first-order chi connectivity index (χ1) is 13.2. The SMILES string of the molecule is O=S1(=O)CC[C@@H](N(CCCN2CCOCC2)S(=O)(=O)c2ccc(Cl)c(Cl)c2)C1. The normalized spacial score (nSPS) is 23.3. The van der Waals surface area contributed by atoms with E-state index in [1.807, 2.05) is 0 Å². The maximum absolute atomic E-state index is 13.3. The summed E-state index contributed by atoms with van der Waals surface area (Å²) in [5.74, 6) is -0.139. The topological polar surface area (TPSA) is 84.0 Å². The summed E-state index contributed by atoms with van der Waals surface area (Å²) < 4.78 is 57.1. The van der Waals surface area contributed by atoms with Gasteiger partial charge < -0.3 is 4.74 Å². The van der Waals surface area contributed by atoms with Gasteiger partial charge in [0.05, 0.1) is 39.7 Å². The smallest absolute Gasteiger partial charge is 0.243 e. The lowest BCUT2D eigenvalue weighted by molar-refractivity contribution is 0.0367. The number of sulfonamides is 1. The third-order valence-electron chi connectivity index (χ3n) is 5.07. The van der Waals surface area contributed by atoms with E-state index in [-0.39, 0.29) is 33.0 Å². The number of halogens is 2. The summed E-state index contributed by atoms with van der Waals surface area (Å²) in [6, 6.07) is 3.60. The molecule has 28 heavy (non-hydrogen) atoms. The van der Waals surface area contributed by atoms with Gasteiger partial charge >= 0.3 is 0 Å². The molecule has 0 saturated carbocycles. The fraction of sp³-hybridized carbons (Fsp3) is 0.647. The minimum Gasteiger partial charge on any atom is -0.379 e. The highest BCUT2D eigenvalue weighted by Gasteiger charge is 2.38. The van der Waals surface area contributed by atoms with Crippen molar-refractivity contribution in [2.45, 2.75) is 23.8 Å². The van der Waals surface area contributed by atoms with Crippen LogP contribution in [-0.4, -0.2) is 83.0 Å². The second-order valence-corrected chi connectivity index (χ2v) is 12.0. The van der Waals surface area contributed by atoms with Crippen LogP contribution < -0.4 is 0 Å². The number of rotatable bonds is 7. The molecule has 0 spiro atoms. The first kappa shape index (κ1) is 22.3. The van der Waals surface area contributed by atoms with Crippen LogP contribution in [0.2, 0.25) is 10.0 Å². The number of morpholine rings is 1. The molecule has 2 heterocycles. The predicted molar refractivity (Wildman–Crippen MR) is 109 cm³/mol. The fourth-order valence-electron chi connectivity index (χ4n) is 3.55. The van der Waals surface area contributed by atoms with Gasteiger partial charge in [0.25, 0.3) is 0 Å². The highest BCUT2D eigenvalue weighted by atomic mass is 35.5. The van der Waals surface area contributed by atoms with Gasteiger partial charge in [0.1, 0.15) is 0 Å². The Bertz CT molecular complexity index is 902. The van der Waals surface area contributed by atoms with Crippen molar-refractivity contribution in [2.75, 3.05) is 50.9 Å². The molecular formula is C17H24Cl2N2O5S2. The predicted octanol–water partition coefficient (Wildman–Crippen LogP) is 1.89. The molecule has 158 valence electrons. The Morgan fingerprint density at radius 3 is 2.50 bits per heavy atom. The molecular weight excluding hydrogens is 447 g/mol. The average Bonchev–Trinajstić information content (AvgIpc) is 3.01. The Kier molecular flexibility index (Phi) is 7.28. The number of nitrogens with zero attached hydrogens (tertiary/aromatic N) is 2. The summed E-state index contributed by atoms with van der Waals surface area (Å²) in [5, 5.41) is 0.415. The van der Waals surface area contributed by atoms with E-state index in [0.29, 0.717) is 26.1 Å². The zero-order valence-electron chi connectivity index (χ0n) is 15.4. The van der Waals surface area contributed by atoms with Gasteiger partial charge in [0.15, 0.2) is 9.84 Å². The molecule has 0 aromatic heterocycles. The van der Waals surface area contributed by atoms with Gasteiger partial charge in [-0.25, -0.2) is 16.8 Å². The van der Waals surface area contributed by atoms with Crippen LogP contribution in [0.3, 0.4) is 0 Å². The van der Waals surface area contributed by atoms with E-state index in [2.05, 4.69) is 4.90 Å². The van der Waals surface area contributed by atoms with Gasteiger partial charge in [0.2, 0.25) is 10.0 Å². The Hall–Kier alpha value is -0.420. The number of hydrogen-bond acceptors (Lipinski definition) is 6. The van der Waals surface area contributed by atoms with Crippen LogP contribution >= 0.6 is 23.2 Å². The molecule has 1 atom stereocenters. The third kappa shape index (κ3) is 5.38. The Balaban J connectivity index is 1.79. The molecule has 1 aromatic carbocycles. The van der Waals surface area contributed by atoms with Crippen molar-refractivity contribution in [3.63, 3.8) is 0 Å². The largest absolute Gasteiger partial charge is 0.379 e. The molecule has 0 amide bonds. The lowest BCUT2D eigenvalue weighted by Crippen LogP contribution is -2.43. The summed E-state index contributed by atoms with van der Waals surface area (Å²) >= 11 is 11.9. The molecule has 11 heteroatoms. The summed E-state index contributed by atoms with van der Waals surface area (Å²) in [5.41, 5.74) is 0. The monoisotopic (exact) mass is 470 g/mol. The molecule has 3 rings (SSSR count). The van der Waals surface area contributed by atoms with Crippen molar-refractivity contribution in [3.8, 4) is 0 Å². The summed E-state index contributed by atoms with van der Waals surface area (Å²) in [4.78, 5) is 2.25. The van der Waals surface area contributed by atoms with E-state index >= 15 is 0 Å². The minimum absolute atomic E-state index is 0.00846. The van der Waals surface area contributed by atoms with Gasteiger partial charge in [-0.2, -0.15) is 4.31 Å². The molecule has 7 nitrogen and oxygen atoms in total. The molecule has 2 aliphatic heterocycles. The summed E-state index contributed by atoms with van der Waals surface area (Å²) in [6.07, 6.45) is 0.914. The van der Waals surface area contributed by atoms with E-state index in [9.17, 15) is 16.8 Å². The number of sulfone groups is 1. The molecule has 0 unspecified atom stereocenters.